The third kappa shape index (κ3) is 4.42. The molecule has 0 radical (unpaired) electrons. The molecule has 1 atom stereocenters. The molecule has 0 unspecified atom stereocenters. The summed E-state index contributed by atoms with van der Waals surface area (Å²) in [7, 11) is 1.59. The molecule has 2 aromatic rings. The molecular weight excluding hydrogens is 378 g/mol. The summed E-state index contributed by atoms with van der Waals surface area (Å²) in [6.45, 7) is 0.255. The summed E-state index contributed by atoms with van der Waals surface area (Å²) in [5, 5.41) is 13.5. The van der Waals surface area contributed by atoms with Gasteiger partial charge in [-0.3, -0.25) is 4.79 Å². The van der Waals surface area contributed by atoms with Gasteiger partial charge in [-0.15, -0.1) is 0 Å². The maximum Gasteiger partial charge on any atom is 0.253 e. The van der Waals surface area contributed by atoms with E-state index in [1.165, 1.54) is 0 Å². The molecule has 0 aromatic carbocycles. The molecule has 148 valence electrons. The van der Waals surface area contributed by atoms with Crippen LogP contribution in [-0.4, -0.2) is 47.2 Å². The molecule has 1 aliphatic carbocycles. The number of halogens is 3. The van der Waals surface area contributed by atoms with Gasteiger partial charge in [-0.1, -0.05) is 11.6 Å². The molecule has 0 saturated heterocycles. The van der Waals surface area contributed by atoms with Crippen molar-refractivity contribution in [2.45, 2.75) is 43.6 Å². The van der Waals surface area contributed by atoms with Crippen molar-refractivity contribution in [1.82, 2.24) is 9.72 Å². The number of pyridine rings is 1. The standard InChI is InChI=1S/C19H23ClF2N2O3/c1-27-9-5-13-10-14(16-15(20)4-2-8-24(13)16)17(25)23-12-18(26)6-3-7-19(21,22)11-18/h2,4,8,10,26H,3,5-7,9,11-12H2,1H3,(H,23,25)/t18-/m0/s1. The number of alkyl halides is 2. The lowest BCUT2D eigenvalue weighted by atomic mass is 9.82. The molecule has 27 heavy (non-hydrogen) atoms. The molecule has 1 amide bonds. The molecule has 2 N–H and O–H groups in total. The highest BCUT2D eigenvalue weighted by molar-refractivity contribution is 6.34. The van der Waals surface area contributed by atoms with Crippen molar-refractivity contribution in [1.29, 1.82) is 0 Å². The fraction of sp³-hybridized carbons (Fsp3) is 0.526. The first-order valence-corrected chi connectivity index (χ1v) is 9.28. The van der Waals surface area contributed by atoms with Crippen molar-refractivity contribution in [2.75, 3.05) is 20.3 Å². The van der Waals surface area contributed by atoms with Gasteiger partial charge >= 0.3 is 0 Å². The summed E-state index contributed by atoms with van der Waals surface area (Å²) in [5.74, 6) is -3.36. The minimum absolute atomic E-state index is 0.224. The summed E-state index contributed by atoms with van der Waals surface area (Å²) in [5.41, 5.74) is 0.138. The average molecular weight is 401 g/mol. The van der Waals surface area contributed by atoms with Crippen LogP contribution in [0.2, 0.25) is 5.02 Å². The Morgan fingerprint density at radius 2 is 2.22 bits per heavy atom. The molecule has 0 aliphatic heterocycles. The summed E-state index contributed by atoms with van der Waals surface area (Å²) in [6, 6.07) is 5.18. The largest absolute Gasteiger partial charge is 0.388 e. The quantitative estimate of drug-likeness (QED) is 0.780. The van der Waals surface area contributed by atoms with Crippen molar-refractivity contribution >= 4 is 23.0 Å². The van der Waals surface area contributed by atoms with Crippen LogP contribution in [0.5, 0.6) is 0 Å². The van der Waals surface area contributed by atoms with E-state index in [0.29, 0.717) is 29.1 Å². The Hall–Kier alpha value is -1.70. The topological polar surface area (TPSA) is 63.0 Å². The van der Waals surface area contributed by atoms with Crippen LogP contribution in [0.4, 0.5) is 8.78 Å². The predicted octanol–water partition coefficient (Wildman–Crippen LogP) is 3.45. The molecule has 1 saturated carbocycles. The predicted molar refractivity (Wildman–Crippen MR) is 98.7 cm³/mol. The summed E-state index contributed by atoms with van der Waals surface area (Å²) in [4.78, 5) is 12.7. The maximum absolute atomic E-state index is 13.6. The number of rotatable bonds is 6. The van der Waals surface area contributed by atoms with Crippen LogP contribution in [0.1, 0.15) is 41.7 Å². The molecular formula is C19H23ClF2N2O3. The minimum Gasteiger partial charge on any atom is -0.388 e. The molecule has 2 aromatic heterocycles. The molecule has 0 bridgehead atoms. The van der Waals surface area contributed by atoms with E-state index < -0.39 is 23.9 Å². The van der Waals surface area contributed by atoms with Crippen molar-refractivity contribution < 1.29 is 23.4 Å². The molecule has 1 aliphatic rings. The van der Waals surface area contributed by atoms with Gasteiger partial charge in [-0.05, 0) is 31.0 Å². The third-order valence-electron chi connectivity index (χ3n) is 4.98. The van der Waals surface area contributed by atoms with Crippen LogP contribution in [0, 0.1) is 0 Å². The van der Waals surface area contributed by atoms with Crippen LogP contribution < -0.4 is 5.32 Å². The van der Waals surface area contributed by atoms with Gasteiger partial charge < -0.3 is 19.6 Å². The Balaban J connectivity index is 1.81. The number of aromatic nitrogens is 1. The molecule has 5 nitrogen and oxygen atoms in total. The van der Waals surface area contributed by atoms with Crippen molar-refractivity contribution in [3.63, 3.8) is 0 Å². The van der Waals surface area contributed by atoms with Crippen molar-refractivity contribution in [2.24, 2.45) is 0 Å². The number of hydrogen-bond acceptors (Lipinski definition) is 3. The second-order valence-corrected chi connectivity index (χ2v) is 7.57. The Morgan fingerprint density at radius 3 is 2.93 bits per heavy atom. The highest BCUT2D eigenvalue weighted by Gasteiger charge is 2.44. The molecule has 8 heteroatoms. The smallest absolute Gasteiger partial charge is 0.253 e. The number of carbonyl (C=O) groups excluding carboxylic acids is 1. The van der Waals surface area contributed by atoms with Gasteiger partial charge in [0.25, 0.3) is 11.8 Å². The van der Waals surface area contributed by atoms with E-state index in [4.69, 9.17) is 16.3 Å². The van der Waals surface area contributed by atoms with Crippen LogP contribution in [0.3, 0.4) is 0 Å². The highest BCUT2D eigenvalue weighted by atomic mass is 35.5. The van der Waals surface area contributed by atoms with E-state index in [2.05, 4.69) is 5.32 Å². The number of aliphatic hydroxyl groups is 1. The number of carbonyl (C=O) groups is 1. The fourth-order valence-electron chi connectivity index (χ4n) is 3.68. The zero-order valence-corrected chi connectivity index (χ0v) is 15.9. The first-order chi connectivity index (χ1) is 12.7. The van der Waals surface area contributed by atoms with Gasteiger partial charge in [0.15, 0.2) is 0 Å². The number of hydrogen-bond donors (Lipinski definition) is 2. The second kappa shape index (κ2) is 7.73. The Kier molecular flexibility index (Phi) is 5.74. The monoisotopic (exact) mass is 400 g/mol. The van der Waals surface area contributed by atoms with E-state index in [0.717, 1.165) is 5.69 Å². The summed E-state index contributed by atoms with van der Waals surface area (Å²) in [6.07, 6.45) is 1.98. The Labute approximate surface area is 161 Å². The maximum atomic E-state index is 13.6. The molecule has 0 spiro atoms. The minimum atomic E-state index is -2.91. The lowest BCUT2D eigenvalue weighted by Gasteiger charge is -2.36. The van der Waals surface area contributed by atoms with Gasteiger partial charge in [0, 0.05) is 44.8 Å². The van der Waals surface area contributed by atoms with Crippen LogP contribution in [0.15, 0.2) is 24.4 Å². The van der Waals surface area contributed by atoms with Crippen molar-refractivity contribution in [3.05, 3.63) is 40.7 Å². The normalized spacial score (nSPS) is 22.1. The van der Waals surface area contributed by atoms with Crippen molar-refractivity contribution in [3.8, 4) is 0 Å². The van der Waals surface area contributed by atoms with Crippen LogP contribution in [-0.2, 0) is 11.2 Å². The number of ether oxygens (including phenoxy) is 1. The number of fused-ring (bicyclic) bond motifs is 1. The van der Waals surface area contributed by atoms with Crippen LogP contribution in [0.25, 0.3) is 5.52 Å². The van der Waals surface area contributed by atoms with E-state index in [1.54, 1.807) is 31.5 Å². The second-order valence-electron chi connectivity index (χ2n) is 7.16. The zero-order valence-electron chi connectivity index (χ0n) is 15.1. The molecule has 3 rings (SSSR count). The molecule has 2 heterocycles. The fourth-order valence-corrected chi connectivity index (χ4v) is 3.95. The first-order valence-electron chi connectivity index (χ1n) is 8.90. The van der Waals surface area contributed by atoms with Gasteiger partial charge in [0.2, 0.25) is 0 Å². The third-order valence-corrected chi connectivity index (χ3v) is 5.28. The first kappa shape index (κ1) is 20.0. The highest BCUT2D eigenvalue weighted by Crippen LogP contribution is 2.38. The van der Waals surface area contributed by atoms with Gasteiger partial charge in [-0.25, -0.2) is 8.78 Å². The van der Waals surface area contributed by atoms with E-state index in [-0.39, 0.29) is 25.8 Å². The lowest BCUT2D eigenvalue weighted by molar-refractivity contribution is -0.121. The van der Waals surface area contributed by atoms with E-state index in [9.17, 15) is 18.7 Å². The van der Waals surface area contributed by atoms with E-state index >= 15 is 0 Å². The van der Waals surface area contributed by atoms with Crippen LogP contribution >= 0.6 is 11.6 Å². The van der Waals surface area contributed by atoms with E-state index in [1.807, 2.05) is 4.40 Å². The summed E-state index contributed by atoms with van der Waals surface area (Å²) >= 11 is 6.29. The number of methoxy groups -OCH3 is 1. The van der Waals surface area contributed by atoms with Gasteiger partial charge in [0.1, 0.15) is 0 Å². The zero-order chi connectivity index (χ0) is 19.7. The number of nitrogens with one attached hydrogen (secondary N) is 1. The summed E-state index contributed by atoms with van der Waals surface area (Å²) < 4.78 is 34.2. The SMILES string of the molecule is COCCc1cc(C(=O)NC[C@]2(O)CCCC(F)(F)C2)c2c(Cl)cccn12. The molecule has 1 fully saturated rings. The average Bonchev–Trinajstić information content (AvgIpc) is 2.97. The van der Waals surface area contributed by atoms with Gasteiger partial charge in [0.05, 0.1) is 28.3 Å². The Bertz CT molecular complexity index is 840. The van der Waals surface area contributed by atoms with Gasteiger partial charge in [-0.2, -0.15) is 0 Å². The lowest BCUT2D eigenvalue weighted by Crippen LogP contribution is -2.49. The number of amides is 1. The Morgan fingerprint density at radius 1 is 1.44 bits per heavy atom. The number of nitrogens with zero attached hydrogens (tertiary/aromatic N) is 1.